The minimum atomic E-state index is 0.648. The fraction of sp³-hybridized carbons (Fsp3) is 0.500. The zero-order chi connectivity index (χ0) is 14.7. The van der Waals surface area contributed by atoms with E-state index in [4.69, 9.17) is 0 Å². The van der Waals surface area contributed by atoms with Crippen LogP contribution in [0.25, 0.3) is 5.65 Å². The Hall–Kier alpha value is -2.06. The Morgan fingerprint density at radius 3 is 2.95 bits per heavy atom. The summed E-state index contributed by atoms with van der Waals surface area (Å²) in [7, 11) is 0. The highest BCUT2D eigenvalue weighted by molar-refractivity contribution is 5.60. The normalized spacial score (nSPS) is 16.9. The summed E-state index contributed by atoms with van der Waals surface area (Å²) in [6.45, 7) is 7.48. The van der Waals surface area contributed by atoms with E-state index in [9.17, 15) is 5.26 Å². The van der Waals surface area contributed by atoms with Crippen LogP contribution < -0.4 is 4.90 Å². The summed E-state index contributed by atoms with van der Waals surface area (Å²) in [5.74, 6) is 0.835. The zero-order valence-electron chi connectivity index (χ0n) is 12.5. The summed E-state index contributed by atoms with van der Waals surface area (Å²) in [5.41, 5.74) is 1.49. The van der Waals surface area contributed by atoms with Gasteiger partial charge in [0.25, 0.3) is 0 Å². The maximum atomic E-state index is 9.49. The molecule has 1 fully saturated rings. The van der Waals surface area contributed by atoms with Gasteiger partial charge in [0, 0.05) is 25.8 Å². The second-order valence-electron chi connectivity index (χ2n) is 5.51. The third-order valence-electron chi connectivity index (χ3n) is 4.05. The topological polar surface area (TPSA) is 47.6 Å². The molecule has 0 amide bonds. The predicted molar refractivity (Wildman–Crippen MR) is 83.5 cm³/mol. The molecule has 0 atom stereocenters. The molecule has 1 aliphatic heterocycles. The van der Waals surface area contributed by atoms with Crippen molar-refractivity contribution in [3.63, 3.8) is 0 Å². The van der Waals surface area contributed by atoms with Crippen molar-refractivity contribution in [2.24, 2.45) is 0 Å². The van der Waals surface area contributed by atoms with Crippen LogP contribution in [0.15, 0.2) is 24.4 Å². The van der Waals surface area contributed by atoms with Crippen LogP contribution in [0.5, 0.6) is 0 Å². The Labute approximate surface area is 125 Å². The molecule has 5 nitrogen and oxygen atoms in total. The van der Waals surface area contributed by atoms with Gasteiger partial charge in [0.15, 0.2) is 11.5 Å². The lowest BCUT2D eigenvalue weighted by atomic mass is 10.3. The van der Waals surface area contributed by atoms with Gasteiger partial charge < -0.3 is 9.80 Å². The van der Waals surface area contributed by atoms with Crippen LogP contribution in [-0.2, 0) is 0 Å². The first-order valence-corrected chi connectivity index (χ1v) is 7.68. The lowest BCUT2D eigenvalue weighted by Gasteiger charge is -2.21. The highest BCUT2D eigenvalue weighted by atomic mass is 15.3. The fourth-order valence-electron chi connectivity index (χ4n) is 3.03. The number of anilines is 1. The Balaban J connectivity index is 1.88. The van der Waals surface area contributed by atoms with Gasteiger partial charge in [0.05, 0.1) is 0 Å². The van der Waals surface area contributed by atoms with Crippen LogP contribution in [0.1, 0.15) is 25.5 Å². The fourth-order valence-corrected chi connectivity index (χ4v) is 3.03. The van der Waals surface area contributed by atoms with Crippen molar-refractivity contribution < 1.29 is 0 Å². The summed E-state index contributed by atoms with van der Waals surface area (Å²) in [5, 5.41) is 9.49. The summed E-state index contributed by atoms with van der Waals surface area (Å²) in [4.78, 5) is 9.43. The number of pyridine rings is 1. The average Bonchev–Trinajstić information content (AvgIpc) is 2.72. The molecule has 1 saturated heterocycles. The molecule has 0 saturated carbocycles. The van der Waals surface area contributed by atoms with Crippen molar-refractivity contribution >= 4 is 11.5 Å². The first kappa shape index (κ1) is 13.9. The number of imidazole rings is 1. The Morgan fingerprint density at radius 2 is 2.14 bits per heavy atom. The quantitative estimate of drug-likeness (QED) is 0.866. The molecule has 0 aliphatic carbocycles. The van der Waals surface area contributed by atoms with E-state index in [-0.39, 0.29) is 0 Å². The second kappa shape index (κ2) is 6.15. The largest absolute Gasteiger partial charge is 0.353 e. The zero-order valence-corrected chi connectivity index (χ0v) is 12.5. The number of hydrogen-bond donors (Lipinski definition) is 0. The van der Waals surface area contributed by atoms with Crippen molar-refractivity contribution in [1.29, 1.82) is 5.26 Å². The molecule has 0 spiro atoms. The summed E-state index contributed by atoms with van der Waals surface area (Å²) in [6, 6.07) is 8.16. The first-order chi connectivity index (χ1) is 10.3. The molecule has 1 aliphatic rings. The lowest BCUT2D eigenvalue weighted by Crippen LogP contribution is -2.31. The van der Waals surface area contributed by atoms with E-state index in [2.05, 4.69) is 27.8 Å². The Kier molecular flexibility index (Phi) is 4.07. The molecule has 3 heterocycles. The van der Waals surface area contributed by atoms with Crippen LogP contribution in [0.4, 0.5) is 5.82 Å². The SMILES string of the molecule is CCCN1CCCN(c2nc3ccccn3c2C#N)CC1. The summed E-state index contributed by atoms with van der Waals surface area (Å²) < 4.78 is 1.88. The van der Waals surface area contributed by atoms with Crippen LogP contribution >= 0.6 is 0 Å². The molecule has 21 heavy (non-hydrogen) atoms. The third kappa shape index (κ3) is 2.72. The molecule has 0 N–H and O–H groups in total. The van der Waals surface area contributed by atoms with Gasteiger partial charge in [-0.2, -0.15) is 5.26 Å². The molecule has 3 rings (SSSR count). The van der Waals surface area contributed by atoms with E-state index in [0.717, 1.165) is 50.6 Å². The van der Waals surface area contributed by atoms with Gasteiger partial charge in [0.1, 0.15) is 11.7 Å². The Morgan fingerprint density at radius 1 is 1.24 bits per heavy atom. The number of rotatable bonds is 3. The van der Waals surface area contributed by atoms with Crippen molar-refractivity contribution in [1.82, 2.24) is 14.3 Å². The minimum absolute atomic E-state index is 0.648. The lowest BCUT2D eigenvalue weighted by molar-refractivity contribution is 0.294. The highest BCUT2D eigenvalue weighted by Gasteiger charge is 2.21. The maximum absolute atomic E-state index is 9.49. The van der Waals surface area contributed by atoms with Crippen molar-refractivity contribution in [3.05, 3.63) is 30.1 Å². The van der Waals surface area contributed by atoms with Crippen LogP contribution in [0, 0.1) is 11.3 Å². The van der Waals surface area contributed by atoms with Crippen LogP contribution in [0.3, 0.4) is 0 Å². The molecule has 0 bridgehead atoms. The average molecular weight is 283 g/mol. The highest BCUT2D eigenvalue weighted by Crippen LogP contribution is 2.22. The number of nitrogens with zero attached hydrogens (tertiary/aromatic N) is 5. The molecular weight excluding hydrogens is 262 g/mol. The standard InChI is InChI=1S/C16H21N5/c1-2-7-19-8-5-9-20(12-11-19)16-14(13-17)21-10-4-3-6-15(21)18-16/h3-4,6,10H,2,5,7-9,11-12H2,1H3. The number of nitriles is 1. The van der Waals surface area contributed by atoms with Gasteiger partial charge in [-0.05, 0) is 38.1 Å². The smallest absolute Gasteiger partial charge is 0.169 e. The van der Waals surface area contributed by atoms with Gasteiger partial charge in [0.2, 0.25) is 0 Å². The van der Waals surface area contributed by atoms with Crippen molar-refractivity contribution in [2.75, 3.05) is 37.6 Å². The van der Waals surface area contributed by atoms with Crippen LogP contribution in [-0.4, -0.2) is 47.0 Å². The second-order valence-corrected chi connectivity index (χ2v) is 5.51. The number of hydrogen-bond acceptors (Lipinski definition) is 4. The minimum Gasteiger partial charge on any atom is -0.353 e. The molecule has 0 unspecified atom stereocenters. The van der Waals surface area contributed by atoms with Crippen LogP contribution in [0.2, 0.25) is 0 Å². The van der Waals surface area contributed by atoms with Gasteiger partial charge in [-0.1, -0.05) is 13.0 Å². The molecule has 0 aromatic carbocycles. The van der Waals surface area contributed by atoms with Gasteiger partial charge >= 0.3 is 0 Å². The van der Waals surface area contributed by atoms with Gasteiger partial charge in [-0.25, -0.2) is 4.98 Å². The molecule has 5 heteroatoms. The number of fused-ring (bicyclic) bond motifs is 1. The van der Waals surface area contributed by atoms with Gasteiger partial charge in [-0.3, -0.25) is 4.40 Å². The third-order valence-corrected chi connectivity index (χ3v) is 4.05. The maximum Gasteiger partial charge on any atom is 0.169 e. The van der Waals surface area contributed by atoms with E-state index in [1.165, 1.54) is 6.42 Å². The van der Waals surface area contributed by atoms with E-state index >= 15 is 0 Å². The van der Waals surface area contributed by atoms with E-state index in [0.29, 0.717) is 5.69 Å². The van der Waals surface area contributed by atoms with E-state index in [1.807, 2.05) is 28.8 Å². The first-order valence-electron chi connectivity index (χ1n) is 7.68. The molecule has 0 radical (unpaired) electrons. The number of aromatic nitrogens is 2. The van der Waals surface area contributed by atoms with Crippen molar-refractivity contribution in [2.45, 2.75) is 19.8 Å². The Bertz CT molecular complexity index is 654. The predicted octanol–water partition coefficient (Wildman–Crippen LogP) is 2.13. The molecular formula is C16H21N5. The van der Waals surface area contributed by atoms with E-state index in [1.54, 1.807) is 0 Å². The molecule has 2 aromatic rings. The summed E-state index contributed by atoms with van der Waals surface area (Å²) in [6.07, 6.45) is 4.22. The van der Waals surface area contributed by atoms with E-state index < -0.39 is 0 Å². The van der Waals surface area contributed by atoms with Crippen molar-refractivity contribution in [3.8, 4) is 6.07 Å². The van der Waals surface area contributed by atoms with Gasteiger partial charge in [-0.15, -0.1) is 0 Å². The molecule has 2 aromatic heterocycles. The molecule has 110 valence electrons. The summed E-state index contributed by atoms with van der Waals surface area (Å²) >= 11 is 0. The monoisotopic (exact) mass is 283 g/mol.